The zero-order valence-corrected chi connectivity index (χ0v) is 16.1. The van der Waals surface area contributed by atoms with Gasteiger partial charge in [0.15, 0.2) is 0 Å². The van der Waals surface area contributed by atoms with Gasteiger partial charge in [-0.2, -0.15) is 0 Å². The second kappa shape index (κ2) is 9.20. The highest BCUT2D eigenvalue weighted by Crippen LogP contribution is 2.44. The van der Waals surface area contributed by atoms with E-state index >= 15 is 0 Å². The lowest BCUT2D eigenvalue weighted by atomic mass is 9.81. The van der Waals surface area contributed by atoms with E-state index < -0.39 is 11.4 Å². The van der Waals surface area contributed by atoms with Gasteiger partial charge in [0.2, 0.25) is 5.91 Å². The number of anilines is 1. The first-order valence-electron chi connectivity index (χ1n) is 8.44. The number of carboxylic acids is 1. The predicted octanol–water partition coefficient (Wildman–Crippen LogP) is 1.54. The molecule has 0 aromatic heterocycles. The van der Waals surface area contributed by atoms with Crippen LogP contribution >= 0.6 is 0 Å². The van der Waals surface area contributed by atoms with Gasteiger partial charge in [-0.15, -0.1) is 0 Å². The Labute approximate surface area is 163 Å². The maximum absolute atomic E-state index is 12.3. The summed E-state index contributed by atoms with van der Waals surface area (Å²) in [6, 6.07) is 11.6. The molecule has 8 heteroatoms. The molecule has 8 nitrogen and oxygen atoms in total. The van der Waals surface area contributed by atoms with Gasteiger partial charge in [-0.1, -0.05) is 18.2 Å². The molecule has 0 saturated carbocycles. The molecule has 3 rings (SSSR count). The van der Waals surface area contributed by atoms with Crippen LogP contribution in [0.15, 0.2) is 42.5 Å². The fraction of sp³-hybridized carbons (Fsp3) is 0.300. The van der Waals surface area contributed by atoms with E-state index in [0.29, 0.717) is 13.0 Å². The molecule has 0 spiro atoms. The number of hydrogen-bond donors (Lipinski definition) is 3. The maximum Gasteiger partial charge on any atom is 0.339 e. The van der Waals surface area contributed by atoms with Crippen molar-refractivity contribution in [1.82, 2.24) is 0 Å². The van der Waals surface area contributed by atoms with Crippen molar-refractivity contribution in [3.05, 3.63) is 53.6 Å². The van der Waals surface area contributed by atoms with Crippen LogP contribution in [0.3, 0.4) is 0 Å². The van der Waals surface area contributed by atoms with Gasteiger partial charge in [0.25, 0.3) is 0 Å². The molecule has 28 heavy (non-hydrogen) atoms. The van der Waals surface area contributed by atoms with Gasteiger partial charge >= 0.3 is 5.97 Å². The van der Waals surface area contributed by atoms with Gasteiger partial charge < -0.3 is 31.1 Å². The number of rotatable bonds is 4. The molecule has 1 atom stereocenters. The molecule has 1 aliphatic rings. The summed E-state index contributed by atoms with van der Waals surface area (Å²) < 4.78 is 5.19. The lowest BCUT2D eigenvalue weighted by Gasteiger charge is -2.22. The predicted molar refractivity (Wildman–Crippen MR) is 106 cm³/mol. The van der Waals surface area contributed by atoms with Crippen LogP contribution in [0.1, 0.15) is 29.3 Å². The van der Waals surface area contributed by atoms with Gasteiger partial charge in [0, 0.05) is 13.1 Å². The van der Waals surface area contributed by atoms with Gasteiger partial charge in [0.05, 0.1) is 18.2 Å². The van der Waals surface area contributed by atoms with Crippen molar-refractivity contribution in [3.63, 3.8) is 0 Å². The first-order valence-corrected chi connectivity index (χ1v) is 8.44. The van der Waals surface area contributed by atoms with E-state index in [1.165, 1.54) is 12.1 Å². The molecule has 2 aromatic carbocycles. The van der Waals surface area contributed by atoms with E-state index in [0.717, 1.165) is 17.0 Å². The largest absolute Gasteiger partial charge is 0.507 e. The van der Waals surface area contributed by atoms with Crippen LogP contribution in [0.4, 0.5) is 5.69 Å². The number of nitrogens with two attached hydrogens (primary N) is 1. The number of phenols is 1. The van der Waals surface area contributed by atoms with E-state index in [9.17, 15) is 9.59 Å². The fourth-order valence-corrected chi connectivity index (χ4v) is 3.16. The molecular formula is C20H26N2O6. The molecule has 0 fully saturated rings. The third-order valence-corrected chi connectivity index (χ3v) is 4.72. The molecule has 2 aromatic rings. The molecule has 0 aliphatic carbocycles. The van der Waals surface area contributed by atoms with E-state index in [1.807, 2.05) is 25.1 Å². The average Bonchev–Trinajstić information content (AvgIpc) is 2.84. The number of benzene rings is 2. The Hall–Kier alpha value is -3.10. The van der Waals surface area contributed by atoms with Gasteiger partial charge in [-0.25, -0.2) is 4.79 Å². The van der Waals surface area contributed by atoms with Crippen LogP contribution in [0.25, 0.3) is 0 Å². The number of carbonyl (C=O) groups excluding carboxylic acids is 1. The number of aromatic hydroxyl groups is 1. The second-order valence-corrected chi connectivity index (χ2v) is 6.44. The molecule has 1 heterocycles. The van der Waals surface area contributed by atoms with Crippen molar-refractivity contribution >= 4 is 17.6 Å². The minimum absolute atomic E-state index is 0. The maximum atomic E-state index is 12.3. The van der Waals surface area contributed by atoms with E-state index in [4.69, 9.17) is 20.7 Å². The smallest absolute Gasteiger partial charge is 0.339 e. The Bertz CT molecular complexity index is 854. The molecule has 1 aliphatic heterocycles. The normalized spacial score (nSPS) is 17.1. The number of para-hydroxylation sites is 1. The number of fused-ring (bicyclic) bond motifs is 1. The zero-order chi connectivity index (χ0) is 20.2. The number of methoxy groups -OCH3 is 1. The minimum Gasteiger partial charge on any atom is -0.507 e. The van der Waals surface area contributed by atoms with Crippen LogP contribution in [0.5, 0.6) is 11.5 Å². The highest BCUT2D eigenvalue weighted by atomic mass is 16.5. The monoisotopic (exact) mass is 390 g/mol. The molecule has 0 bridgehead atoms. The van der Waals surface area contributed by atoms with Crippen LogP contribution in [-0.4, -0.2) is 48.3 Å². The highest BCUT2D eigenvalue weighted by molar-refractivity contribution is 6.07. The summed E-state index contributed by atoms with van der Waals surface area (Å²) in [6.45, 7) is 2.46. The number of ether oxygens (including phenoxy) is 1. The summed E-state index contributed by atoms with van der Waals surface area (Å²) in [5, 5.41) is 17.3. The SMILES string of the molecule is COc1ccc2c(c1)N(C)C(=O)C2(C)CCN.O.O=C(O)c1ccccc1O. The van der Waals surface area contributed by atoms with Crippen molar-refractivity contribution in [3.8, 4) is 11.5 Å². The van der Waals surface area contributed by atoms with E-state index in [1.54, 1.807) is 31.2 Å². The molecule has 6 N–H and O–H groups in total. The van der Waals surface area contributed by atoms with E-state index in [-0.39, 0.29) is 22.7 Å². The van der Waals surface area contributed by atoms with E-state index in [2.05, 4.69) is 0 Å². The number of carboxylic acid groups (broad SMARTS) is 1. The van der Waals surface area contributed by atoms with Crippen LogP contribution in [0, 0.1) is 0 Å². The average molecular weight is 390 g/mol. The van der Waals surface area contributed by atoms with Crippen molar-refractivity contribution in [1.29, 1.82) is 0 Å². The van der Waals surface area contributed by atoms with Gasteiger partial charge in [-0.05, 0) is 43.7 Å². The highest BCUT2D eigenvalue weighted by Gasteiger charge is 2.45. The molecular weight excluding hydrogens is 364 g/mol. The summed E-state index contributed by atoms with van der Waals surface area (Å²) in [5.74, 6) is -0.445. The number of hydrogen-bond acceptors (Lipinski definition) is 5. The molecule has 1 unspecified atom stereocenters. The Balaban J connectivity index is 0.000000307. The standard InChI is InChI=1S/C13H18N2O2.C7H6O3.H2O/c1-13(6-7-14)10-5-4-9(17-3)8-11(10)15(2)12(13)16;8-6-4-2-1-3-5(6)7(9)10;/h4-5,8H,6-7,14H2,1-3H3;1-4,8H,(H,9,10);1H2. The minimum atomic E-state index is -1.11. The van der Waals surface area contributed by atoms with Crippen LogP contribution < -0.4 is 15.4 Å². The quantitative estimate of drug-likeness (QED) is 0.722. The number of carbonyl (C=O) groups is 2. The first-order chi connectivity index (χ1) is 12.8. The summed E-state index contributed by atoms with van der Waals surface area (Å²) in [7, 11) is 3.42. The summed E-state index contributed by atoms with van der Waals surface area (Å²) >= 11 is 0. The van der Waals surface area contributed by atoms with Gasteiger partial charge in [0.1, 0.15) is 17.1 Å². The zero-order valence-electron chi connectivity index (χ0n) is 16.1. The molecule has 1 amide bonds. The van der Waals surface area contributed by atoms with Crippen LogP contribution in [-0.2, 0) is 10.2 Å². The number of nitrogens with zero attached hydrogens (tertiary/aromatic N) is 1. The number of likely N-dealkylation sites (N-methyl/N-ethyl adjacent to an activating group) is 1. The number of amides is 1. The molecule has 0 saturated heterocycles. The summed E-state index contributed by atoms with van der Waals surface area (Å²) in [6.07, 6.45) is 0.662. The first kappa shape index (κ1) is 22.9. The molecule has 152 valence electrons. The third-order valence-electron chi connectivity index (χ3n) is 4.72. The summed E-state index contributed by atoms with van der Waals surface area (Å²) in [5.41, 5.74) is 7.02. The van der Waals surface area contributed by atoms with Crippen molar-refractivity contribution in [2.24, 2.45) is 5.73 Å². The third kappa shape index (κ3) is 4.24. The second-order valence-electron chi connectivity index (χ2n) is 6.44. The molecule has 0 radical (unpaired) electrons. The number of aromatic carboxylic acids is 1. The Kier molecular flexibility index (Phi) is 7.54. The lowest BCUT2D eigenvalue weighted by Crippen LogP contribution is -2.37. The Morgan fingerprint density at radius 2 is 1.89 bits per heavy atom. The van der Waals surface area contributed by atoms with Crippen molar-refractivity contribution in [2.45, 2.75) is 18.8 Å². The van der Waals surface area contributed by atoms with Crippen LogP contribution in [0.2, 0.25) is 0 Å². The Morgan fingerprint density at radius 1 is 1.25 bits per heavy atom. The lowest BCUT2D eigenvalue weighted by molar-refractivity contribution is -0.122. The van der Waals surface area contributed by atoms with Crippen molar-refractivity contribution < 1.29 is 30.0 Å². The Morgan fingerprint density at radius 3 is 2.39 bits per heavy atom. The topological polar surface area (TPSA) is 145 Å². The van der Waals surface area contributed by atoms with Gasteiger partial charge in [-0.3, -0.25) is 4.79 Å². The fourth-order valence-electron chi connectivity index (χ4n) is 3.16. The van der Waals surface area contributed by atoms with Crippen molar-refractivity contribution in [2.75, 3.05) is 25.6 Å². The summed E-state index contributed by atoms with van der Waals surface area (Å²) in [4.78, 5) is 24.3.